The first-order valence-electron chi connectivity index (χ1n) is 8.24. The molecule has 1 atom stereocenters. The molecule has 2 aromatic rings. The Hall–Kier alpha value is -2.27. The van der Waals surface area contributed by atoms with Gasteiger partial charge in [-0.3, -0.25) is 0 Å². The summed E-state index contributed by atoms with van der Waals surface area (Å²) in [6.07, 6.45) is 2.36. The smallest absolute Gasteiger partial charge is 0.415 e. The lowest BCUT2D eigenvalue weighted by Gasteiger charge is -2.34. The van der Waals surface area contributed by atoms with Crippen molar-refractivity contribution in [3.63, 3.8) is 0 Å². The van der Waals surface area contributed by atoms with Crippen molar-refractivity contribution in [2.24, 2.45) is 0 Å². The SMILES string of the molecule is O=C(Oc1ccc(Cl)cc1)N1CCCCC1COc1cccc(F)c1. The van der Waals surface area contributed by atoms with Gasteiger partial charge in [-0.1, -0.05) is 17.7 Å². The fourth-order valence-corrected chi connectivity index (χ4v) is 2.95. The van der Waals surface area contributed by atoms with Crippen molar-refractivity contribution in [2.75, 3.05) is 13.2 Å². The molecule has 0 radical (unpaired) electrons. The topological polar surface area (TPSA) is 38.8 Å². The van der Waals surface area contributed by atoms with Crippen LogP contribution in [0.1, 0.15) is 19.3 Å². The van der Waals surface area contributed by atoms with Crippen LogP contribution in [0.5, 0.6) is 11.5 Å². The number of nitrogens with zero attached hydrogens (tertiary/aromatic N) is 1. The molecule has 0 saturated carbocycles. The number of carbonyl (C=O) groups excluding carboxylic acids is 1. The number of ether oxygens (including phenoxy) is 2. The van der Waals surface area contributed by atoms with Crippen LogP contribution < -0.4 is 9.47 Å². The van der Waals surface area contributed by atoms with E-state index in [4.69, 9.17) is 21.1 Å². The Morgan fingerprint density at radius 3 is 2.72 bits per heavy atom. The second kappa shape index (κ2) is 8.21. The highest BCUT2D eigenvalue weighted by Gasteiger charge is 2.28. The summed E-state index contributed by atoms with van der Waals surface area (Å²) in [7, 11) is 0. The molecule has 0 spiro atoms. The van der Waals surface area contributed by atoms with Gasteiger partial charge in [-0.25, -0.2) is 9.18 Å². The van der Waals surface area contributed by atoms with Gasteiger partial charge >= 0.3 is 6.09 Å². The fraction of sp³-hybridized carbons (Fsp3) is 0.316. The Balaban J connectivity index is 1.61. The number of halogens is 2. The van der Waals surface area contributed by atoms with E-state index in [9.17, 15) is 9.18 Å². The molecule has 1 fully saturated rings. The van der Waals surface area contributed by atoms with Crippen molar-refractivity contribution in [2.45, 2.75) is 25.3 Å². The maximum atomic E-state index is 13.2. The summed E-state index contributed by atoms with van der Waals surface area (Å²) >= 11 is 5.84. The molecule has 132 valence electrons. The molecule has 6 heteroatoms. The van der Waals surface area contributed by atoms with E-state index in [0.717, 1.165) is 19.3 Å². The number of piperidine rings is 1. The Morgan fingerprint density at radius 1 is 1.16 bits per heavy atom. The zero-order chi connectivity index (χ0) is 17.6. The molecule has 25 heavy (non-hydrogen) atoms. The highest BCUT2D eigenvalue weighted by molar-refractivity contribution is 6.30. The summed E-state index contributed by atoms with van der Waals surface area (Å²) in [4.78, 5) is 14.2. The number of carbonyl (C=O) groups is 1. The van der Waals surface area contributed by atoms with Crippen molar-refractivity contribution in [3.05, 3.63) is 59.4 Å². The molecule has 1 amide bonds. The van der Waals surface area contributed by atoms with Gasteiger partial charge in [-0.2, -0.15) is 0 Å². The maximum absolute atomic E-state index is 13.2. The molecule has 1 saturated heterocycles. The normalized spacial score (nSPS) is 17.2. The van der Waals surface area contributed by atoms with Crippen LogP contribution in [0.25, 0.3) is 0 Å². The average molecular weight is 364 g/mol. The van der Waals surface area contributed by atoms with Crippen LogP contribution in [-0.4, -0.2) is 30.2 Å². The molecular weight excluding hydrogens is 345 g/mol. The van der Waals surface area contributed by atoms with E-state index in [1.807, 2.05) is 0 Å². The predicted octanol–water partition coefficient (Wildman–Crippen LogP) is 4.91. The molecule has 0 N–H and O–H groups in total. The largest absolute Gasteiger partial charge is 0.491 e. The van der Waals surface area contributed by atoms with Gasteiger partial charge in [0, 0.05) is 17.6 Å². The third kappa shape index (κ3) is 4.86. The summed E-state index contributed by atoms with van der Waals surface area (Å²) in [5.41, 5.74) is 0. The maximum Gasteiger partial charge on any atom is 0.415 e. The molecule has 2 aromatic carbocycles. The van der Waals surface area contributed by atoms with E-state index in [-0.39, 0.29) is 11.9 Å². The molecule has 3 rings (SSSR count). The van der Waals surface area contributed by atoms with Gasteiger partial charge in [0.15, 0.2) is 0 Å². The second-order valence-corrected chi connectivity index (χ2v) is 6.37. The van der Waals surface area contributed by atoms with Crippen molar-refractivity contribution >= 4 is 17.7 Å². The Bertz CT molecular complexity index is 723. The fourth-order valence-electron chi connectivity index (χ4n) is 2.83. The quantitative estimate of drug-likeness (QED) is 0.774. The Morgan fingerprint density at radius 2 is 1.96 bits per heavy atom. The first-order chi connectivity index (χ1) is 12.1. The van der Waals surface area contributed by atoms with E-state index < -0.39 is 6.09 Å². The van der Waals surface area contributed by atoms with E-state index in [1.54, 1.807) is 41.3 Å². The highest BCUT2D eigenvalue weighted by atomic mass is 35.5. The molecule has 0 aromatic heterocycles. The summed E-state index contributed by atoms with van der Waals surface area (Å²) in [5.74, 6) is 0.557. The third-order valence-electron chi connectivity index (χ3n) is 4.12. The lowest BCUT2D eigenvalue weighted by atomic mass is 10.0. The predicted molar refractivity (Wildman–Crippen MR) is 93.7 cm³/mol. The molecule has 1 aliphatic heterocycles. The van der Waals surface area contributed by atoms with E-state index in [2.05, 4.69) is 0 Å². The summed E-state index contributed by atoms with van der Waals surface area (Å²) in [6, 6.07) is 12.5. The minimum atomic E-state index is -0.408. The van der Waals surface area contributed by atoms with Crippen molar-refractivity contribution in [3.8, 4) is 11.5 Å². The molecule has 0 bridgehead atoms. The first kappa shape index (κ1) is 17.5. The van der Waals surface area contributed by atoms with Gasteiger partial charge in [0.1, 0.15) is 23.9 Å². The Labute approximate surface area is 151 Å². The monoisotopic (exact) mass is 363 g/mol. The van der Waals surface area contributed by atoms with Gasteiger partial charge in [0.2, 0.25) is 0 Å². The number of hydrogen-bond acceptors (Lipinski definition) is 3. The minimum Gasteiger partial charge on any atom is -0.491 e. The van der Waals surface area contributed by atoms with Crippen LogP contribution in [0.15, 0.2) is 48.5 Å². The average Bonchev–Trinajstić information content (AvgIpc) is 2.62. The second-order valence-electron chi connectivity index (χ2n) is 5.93. The van der Waals surface area contributed by atoms with Crippen LogP contribution in [0, 0.1) is 5.82 Å². The highest BCUT2D eigenvalue weighted by Crippen LogP contribution is 2.22. The molecule has 4 nitrogen and oxygen atoms in total. The van der Waals surface area contributed by atoms with Crippen molar-refractivity contribution < 1.29 is 18.7 Å². The van der Waals surface area contributed by atoms with Crippen LogP contribution in [0.4, 0.5) is 9.18 Å². The van der Waals surface area contributed by atoms with Gasteiger partial charge in [0.05, 0.1) is 6.04 Å². The molecular formula is C19H19ClFNO3. The minimum absolute atomic E-state index is 0.100. The molecule has 1 unspecified atom stereocenters. The molecule has 1 aliphatic rings. The van der Waals surface area contributed by atoms with Crippen LogP contribution >= 0.6 is 11.6 Å². The van der Waals surface area contributed by atoms with Crippen molar-refractivity contribution in [1.82, 2.24) is 4.90 Å². The molecule has 0 aliphatic carbocycles. The van der Waals surface area contributed by atoms with Gasteiger partial charge < -0.3 is 14.4 Å². The summed E-state index contributed by atoms with van der Waals surface area (Å²) < 4.78 is 24.3. The Kier molecular flexibility index (Phi) is 5.76. The number of amides is 1. The van der Waals surface area contributed by atoms with Gasteiger partial charge in [-0.05, 0) is 55.7 Å². The lowest BCUT2D eigenvalue weighted by molar-refractivity contribution is 0.0885. The number of hydrogen-bond donors (Lipinski definition) is 0. The van der Waals surface area contributed by atoms with Crippen LogP contribution in [0.3, 0.4) is 0 Å². The zero-order valence-corrected chi connectivity index (χ0v) is 14.4. The number of likely N-dealkylation sites (tertiary alicyclic amines) is 1. The number of benzene rings is 2. The van der Waals surface area contributed by atoms with Gasteiger partial charge in [-0.15, -0.1) is 0 Å². The van der Waals surface area contributed by atoms with Crippen LogP contribution in [-0.2, 0) is 0 Å². The standard InChI is InChI=1S/C19H19ClFNO3/c20-14-7-9-17(10-8-14)25-19(23)22-11-2-1-5-16(22)13-24-18-6-3-4-15(21)12-18/h3-4,6-10,12,16H,1-2,5,11,13H2. The van der Waals surface area contributed by atoms with Crippen molar-refractivity contribution in [1.29, 1.82) is 0 Å². The first-order valence-corrected chi connectivity index (χ1v) is 8.62. The van der Waals surface area contributed by atoms with Gasteiger partial charge in [0.25, 0.3) is 0 Å². The van der Waals surface area contributed by atoms with E-state index in [1.165, 1.54) is 12.1 Å². The zero-order valence-electron chi connectivity index (χ0n) is 13.7. The third-order valence-corrected chi connectivity index (χ3v) is 4.37. The summed E-state index contributed by atoms with van der Waals surface area (Å²) in [5, 5.41) is 0.583. The lowest BCUT2D eigenvalue weighted by Crippen LogP contribution is -2.47. The van der Waals surface area contributed by atoms with E-state index in [0.29, 0.717) is 29.7 Å². The molecule has 1 heterocycles. The summed E-state index contributed by atoms with van der Waals surface area (Å²) in [6.45, 7) is 0.919. The number of rotatable bonds is 4. The van der Waals surface area contributed by atoms with Crippen LogP contribution in [0.2, 0.25) is 5.02 Å². The van der Waals surface area contributed by atoms with E-state index >= 15 is 0 Å².